The van der Waals surface area contributed by atoms with Crippen molar-refractivity contribution in [1.29, 1.82) is 0 Å². The van der Waals surface area contributed by atoms with Gasteiger partial charge in [-0.1, -0.05) is 18.2 Å². The Hall–Kier alpha value is -2.54. The van der Waals surface area contributed by atoms with Crippen LogP contribution in [0.5, 0.6) is 0 Å². The Morgan fingerprint density at radius 3 is 2.22 bits per heavy atom. The van der Waals surface area contributed by atoms with Gasteiger partial charge in [0.15, 0.2) is 0 Å². The summed E-state index contributed by atoms with van der Waals surface area (Å²) >= 11 is 0. The number of rotatable bonds is 8. The fourth-order valence-corrected chi connectivity index (χ4v) is 3.50. The van der Waals surface area contributed by atoms with E-state index in [0.717, 1.165) is 30.6 Å². The summed E-state index contributed by atoms with van der Waals surface area (Å²) in [6.07, 6.45) is 1.08. The highest BCUT2D eigenvalue weighted by Crippen LogP contribution is 2.20. The quantitative estimate of drug-likeness (QED) is 0.727. The highest BCUT2D eigenvalue weighted by atomic mass is 32.2. The Morgan fingerprint density at radius 2 is 1.67 bits per heavy atom. The highest BCUT2D eigenvalue weighted by Gasteiger charge is 2.13. The zero-order chi connectivity index (χ0) is 20.0. The van der Waals surface area contributed by atoms with Crippen LogP contribution in [0.15, 0.2) is 42.5 Å². The van der Waals surface area contributed by atoms with Crippen molar-refractivity contribution in [2.24, 2.45) is 0 Å². The number of carbonyl (C=O) groups excluding carboxylic acids is 1. The van der Waals surface area contributed by atoms with Crippen LogP contribution in [0.25, 0.3) is 0 Å². The van der Waals surface area contributed by atoms with Gasteiger partial charge in [0.1, 0.15) is 0 Å². The van der Waals surface area contributed by atoms with E-state index in [4.69, 9.17) is 0 Å². The van der Waals surface area contributed by atoms with Gasteiger partial charge in [-0.25, -0.2) is 8.42 Å². The van der Waals surface area contributed by atoms with Gasteiger partial charge >= 0.3 is 0 Å². The summed E-state index contributed by atoms with van der Waals surface area (Å²) in [6, 6.07) is 13.1. The van der Waals surface area contributed by atoms with Gasteiger partial charge in [-0.2, -0.15) is 0 Å². The summed E-state index contributed by atoms with van der Waals surface area (Å²) < 4.78 is 25.3. The molecule has 0 radical (unpaired) electrons. The molecular formula is C20H27N3O3S. The smallest absolute Gasteiger partial charge is 0.251 e. The molecule has 27 heavy (non-hydrogen) atoms. The SMILES string of the molecule is CCN(CC)c1ccc(CNC(=O)c2cccc(NS(C)(=O)=O)c2C)cc1. The Balaban J connectivity index is 2.07. The molecule has 0 aliphatic heterocycles. The van der Waals surface area contributed by atoms with E-state index in [9.17, 15) is 13.2 Å². The molecule has 0 heterocycles. The first-order valence-electron chi connectivity index (χ1n) is 8.94. The van der Waals surface area contributed by atoms with Crippen LogP contribution < -0.4 is 14.9 Å². The Labute approximate surface area is 161 Å². The summed E-state index contributed by atoms with van der Waals surface area (Å²) in [6.45, 7) is 8.26. The number of nitrogens with zero attached hydrogens (tertiary/aromatic N) is 1. The van der Waals surface area contributed by atoms with E-state index >= 15 is 0 Å². The van der Waals surface area contributed by atoms with Gasteiger partial charge in [-0.05, 0) is 56.2 Å². The molecule has 6 nitrogen and oxygen atoms in total. The van der Waals surface area contributed by atoms with Crippen molar-refractivity contribution in [3.63, 3.8) is 0 Å². The van der Waals surface area contributed by atoms with E-state index in [0.29, 0.717) is 23.4 Å². The van der Waals surface area contributed by atoms with Crippen molar-refractivity contribution in [3.8, 4) is 0 Å². The molecule has 0 fully saturated rings. The lowest BCUT2D eigenvalue weighted by Gasteiger charge is -2.21. The molecular weight excluding hydrogens is 362 g/mol. The second-order valence-corrected chi connectivity index (χ2v) is 8.12. The van der Waals surface area contributed by atoms with Crippen molar-refractivity contribution in [2.45, 2.75) is 27.3 Å². The highest BCUT2D eigenvalue weighted by molar-refractivity contribution is 7.92. The molecule has 2 rings (SSSR count). The first-order chi connectivity index (χ1) is 12.7. The zero-order valence-electron chi connectivity index (χ0n) is 16.2. The molecule has 0 aromatic heterocycles. The van der Waals surface area contributed by atoms with Crippen molar-refractivity contribution in [2.75, 3.05) is 29.0 Å². The Morgan fingerprint density at radius 1 is 1.04 bits per heavy atom. The van der Waals surface area contributed by atoms with E-state index in [1.165, 1.54) is 0 Å². The number of nitrogens with one attached hydrogen (secondary N) is 2. The number of sulfonamides is 1. The summed E-state index contributed by atoms with van der Waals surface area (Å²) in [4.78, 5) is 14.8. The van der Waals surface area contributed by atoms with Crippen LogP contribution in [0.1, 0.15) is 35.3 Å². The number of hydrogen-bond acceptors (Lipinski definition) is 4. The molecule has 1 amide bonds. The van der Waals surface area contributed by atoms with Gasteiger partial charge < -0.3 is 10.2 Å². The predicted molar refractivity (Wildman–Crippen MR) is 111 cm³/mol. The first-order valence-corrected chi connectivity index (χ1v) is 10.8. The maximum atomic E-state index is 12.5. The number of carbonyl (C=O) groups is 1. The van der Waals surface area contributed by atoms with Gasteiger partial charge in [-0.3, -0.25) is 9.52 Å². The molecule has 0 saturated carbocycles. The second-order valence-electron chi connectivity index (χ2n) is 6.37. The average Bonchev–Trinajstić information content (AvgIpc) is 2.62. The van der Waals surface area contributed by atoms with E-state index < -0.39 is 10.0 Å². The van der Waals surface area contributed by atoms with Gasteiger partial charge in [0.25, 0.3) is 5.91 Å². The van der Waals surface area contributed by atoms with Crippen LogP contribution in [0.3, 0.4) is 0 Å². The standard InChI is InChI=1S/C20H27N3O3S/c1-5-23(6-2)17-12-10-16(11-13-17)14-21-20(24)18-8-7-9-19(15(18)3)22-27(4,25)26/h7-13,22H,5-6,14H2,1-4H3,(H,21,24). The minimum Gasteiger partial charge on any atom is -0.372 e. The fourth-order valence-electron chi connectivity index (χ4n) is 2.88. The normalized spacial score (nSPS) is 11.1. The average molecular weight is 390 g/mol. The molecule has 0 aliphatic carbocycles. The van der Waals surface area contributed by atoms with Crippen LogP contribution >= 0.6 is 0 Å². The second kappa shape index (κ2) is 8.90. The molecule has 2 aromatic rings. The van der Waals surface area contributed by atoms with E-state index in [-0.39, 0.29) is 5.91 Å². The van der Waals surface area contributed by atoms with Crippen LogP contribution in [0.4, 0.5) is 11.4 Å². The zero-order valence-corrected chi connectivity index (χ0v) is 17.1. The van der Waals surface area contributed by atoms with E-state index in [2.05, 4.69) is 40.9 Å². The predicted octanol–water partition coefficient (Wildman–Crippen LogP) is 3.14. The molecule has 7 heteroatoms. The third kappa shape index (κ3) is 5.72. The summed E-state index contributed by atoms with van der Waals surface area (Å²) in [5.74, 6) is -0.238. The third-order valence-corrected chi connectivity index (χ3v) is 4.98. The molecule has 2 N–H and O–H groups in total. The molecule has 0 saturated heterocycles. The topological polar surface area (TPSA) is 78.5 Å². The fraction of sp³-hybridized carbons (Fsp3) is 0.350. The lowest BCUT2D eigenvalue weighted by Crippen LogP contribution is -2.24. The maximum absolute atomic E-state index is 12.5. The summed E-state index contributed by atoms with van der Waals surface area (Å²) in [5.41, 5.74) is 3.61. The van der Waals surface area contributed by atoms with Gasteiger partial charge in [0.05, 0.1) is 11.9 Å². The largest absolute Gasteiger partial charge is 0.372 e. The minimum atomic E-state index is -3.40. The van der Waals surface area contributed by atoms with Crippen molar-refractivity contribution < 1.29 is 13.2 Å². The molecule has 0 aliphatic rings. The van der Waals surface area contributed by atoms with E-state index in [1.54, 1.807) is 25.1 Å². The molecule has 0 spiro atoms. The van der Waals surface area contributed by atoms with Crippen molar-refractivity contribution in [1.82, 2.24) is 5.32 Å². The summed E-state index contributed by atoms with van der Waals surface area (Å²) in [7, 11) is -3.40. The van der Waals surface area contributed by atoms with Gasteiger partial charge in [0.2, 0.25) is 10.0 Å². The number of hydrogen-bond donors (Lipinski definition) is 2. The Kier molecular flexibility index (Phi) is 6.85. The maximum Gasteiger partial charge on any atom is 0.251 e. The Bertz CT molecular complexity index is 889. The summed E-state index contributed by atoms with van der Waals surface area (Å²) in [5, 5.41) is 2.89. The van der Waals surface area contributed by atoms with Gasteiger partial charge in [-0.15, -0.1) is 0 Å². The molecule has 0 atom stereocenters. The van der Waals surface area contributed by atoms with E-state index in [1.807, 2.05) is 12.1 Å². The monoisotopic (exact) mass is 389 g/mol. The molecule has 0 bridgehead atoms. The first kappa shape index (κ1) is 20.8. The number of anilines is 2. The lowest BCUT2D eigenvalue weighted by atomic mass is 10.1. The lowest BCUT2D eigenvalue weighted by molar-refractivity contribution is 0.0950. The molecule has 0 unspecified atom stereocenters. The van der Waals surface area contributed by atoms with Crippen LogP contribution in [-0.2, 0) is 16.6 Å². The number of amides is 1. The number of benzene rings is 2. The third-order valence-electron chi connectivity index (χ3n) is 4.39. The minimum absolute atomic E-state index is 0.238. The molecule has 2 aromatic carbocycles. The van der Waals surface area contributed by atoms with Gasteiger partial charge in [0, 0.05) is 30.9 Å². The van der Waals surface area contributed by atoms with Crippen LogP contribution in [0.2, 0.25) is 0 Å². The van der Waals surface area contributed by atoms with Crippen molar-refractivity contribution >= 4 is 27.3 Å². The molecule has 146 valence electrons. The van der Waals surface area contributed by atoms with Crippen LogP contribution in [-0.4, -0.2) is 33.7 Å². The van der Waals surface area contributed by atoms with Crippen molar-refractivity contribution in [3.05, 3.63) is 59.2 Å². The van der Waals surface area contributed by atoms with Crippen LogP contribution in [0, 0.1) is 6.92 Å².